The number of anilines is 1. The average molecular weight is 500 g/mol. The number of fused-ring (bicyclic) bond motifs is 1. The van der Waals surface area contributed by atoms with Crippen molar-refractivity contribution < 1.29 is 23.7 Å². The SMILES string of the molecule is COc1cc(CCCCO[C@@H]2CCN(C(CO)c3cc(F)ccc3OC3CC3)C2)nc2c1CCCN2. The number of aryl methyl sites for hydroxylation is 1. The fraction of sp³-hybridized carbons (Fsp3) is 0.607. The molecule has 2 aliphatic heterocycles. The Kier molecular flexibility index (Phi) is 8.24. The normalized spacial score (nSPS) is 20.6. The van der Waals surface area contributed by atoms with Crippen molar-refractivity contribution in [2.24, 2.45) is 0 Å². The second-order valence-corrected chi connectivity index (χ2v) is 10.1. The van der Waals surface area contributed by atoms with Gasteiger partial charge in [0.1, 0.15) is 23.1 Å². The number of rotatable bonds is 12. The van der Waals surface area contributed by atoms with E-state index in [9.17, 15) is 9.50 Å². The van der Waals surface area contributed by atoms with Crippen LogP contribution in [-0.4, -0.2) is 67.2 Å². The molecule has 3 heterocycles. The number of nitrogens with one attached hydrogen (secondary N) is 1. The van der Waals surface area contributed by atoms with E-state index in [-0.39, 0.29) is 30.7 Å². The number of aliphatic hydroxyl groups is 1. The van der Waals surface area contributed by atoms with Crippen LogP contribution in [0.15, 0.2) is 24.3 Å². The minimum absolute atomic E-state index is 0.0801. The number of likely N-dealkylation sites (tertiary alicyclic amines) is 1. The van der Waals surface area contributed by atoms with E-state index in [1.54, 1.807) is 13.2 Å². The van der Waals surface area contributed by atoms with Crippen molar-refractivity contribution in [1.82, 2.24) is 9.88 Å². The molecule has 2 N–H and O–H groups in total. The summed E-state index contributed by atoms with van der Waals surface area (Å²) < 4.78 is 31.8. The lowest BCUT2D eigenvalue weighted by Gasteiger charge is -2.28. The second-order valence-electron chi connectivity index (χ2n) is 10.1. The Morgan fingerprint density at radius 3 is 2.86 bits per heavy atom. The molecular weight excluding hydrogens is 461 g/mol. The number of hydrogen-bond donors (Lipinski definition) is 2. The van der Waals surface area contributed by atoms with Gasteiger partial charge in [-0.3, -0.25) is 4.90 Å². The molecule has 1 saturated carbocycles. The molecule has 1 aliphatic carbocycles. The number of methoxy groups -OCH3 is 1. The van der Waals surface area contributed by atoms with Gasteiger partial charge in [0.05, 0.1) is 32.0 Å². The smallest absolute Gasteiger partial charge is 0.133 e. The predicted molar refractivity (Wildman–Crippen MR) is 136 cm³/mol. The molecule has 1 aromatic heterocycles. The topological polar surface area (TPSA) is 76.1 Å². The summed E-state index contributed by atoms with van der Waals surface area (Å²) in [6.07, 6.45) is 8.27. The molecule has 2 atom stereocenters. The van der Waals surface area contributed by atoms with E-state index in [1.165, 1.54) is 17.7 Å². The molecule has 196 valence electrons. The van der Waals surface area contributed by atoms with Gasteiger partial charge in [0.25, 0.3) is 0 Å². The first-order chi connectivity index (χ1) is 17.6. The van der Waals surface area contributed by atoms with Crippen LogP contribution in [0.3, 0.4) is 0 Å². The van der Waals surface area contributed by atoms with E-state index in [0.29, 0.717) is 12.4 Å². The van der Waals surface area contributed by atoms with Gasteiger partial charge in [-0.1, -0.05) is 0 Å². The van der Waals surface area contributed by atoms with Crippen LogP contribution in [-0.2, 0) is 17.6 Å². The Morgan fingerprint density at radius 2 is 2.06 bits per heavy atom. The van der Waals surface area contributed by atoms with Gasteiger partial charge in [0.2, 0.25) is 0 Å². The maximum atomic E-state index is 14.1. The third kappa shape index (κ3) is 6.10. The molecule has 0 bridgehead atoms. The lowest BCUT2D eigenvalue weighted by atomic mass is 10.0. The first kappa shape index (κ1) is 25.2. The van der Waals surface area contributed by atoms with Crippen molar-refractivity contribution in [2.75, 3.05) is 45.3 Å². The molecule has 1 unspecified atom stereocenters. The highest BCUT2D eigenvalue weighted by molar-refractivity contribution is 5.54. The predicted octanol–water partition coefficient (Wildman–Crippen LogP) is 4.28. The van der Waals surface area contributed by atoms with E-state index in [0.717, 1.165) is 93.8 Å². The summed E-state index contributed by atoms with van der Waals surface area (Å²) in [6.45, 7) is 3.10. The number of ether oxygens (including phenoxy) is 3. The van der Waals surface area contributed by atoms with Crippen LogP contribution in [0, 0.1) is 5.82 Å². The molecule has 3 aliphatic rings. The average Bonchev–Trinajstić information content (AvgIpc) is 3.60. The highest BCUT2D eigenvalue weighted by Gasteiger charge is 2.32. The third-order valence-electron chi connectivity index (χ3n) is 7.37. The first-order valence-electron chi connectivity index (χ1n) is 13.4. The summed E-state index contributed by atoms with van der Waals surface area (Å²) in [4.78, 5) is 6.99. The van der Waals surface area contributed by atoms with Crippen LogP contribution >= 0.6 is 0 Å². The van der Waals surface area contributed by atoms with E-state index in [1.807, 2.05) is 0 Å². The van der Waals surface area contributed by atoms with Gasteiger partial charge in [-0.25, -0.2) is 9.37 Å². The van der Waals surface area contributed by atoms with Crippen molar-refractivity contribution in [3.05, 3.63) is 46.9 Å². The van der Waals surface area contributed by atoms with Crippen LogP contribution in [0.2, 0.25) is 0 Å². The molecule has 8 heteroatoms. The molecule has 2 aromatic rings. The monoisotopic (exact) mass is 499 g/mol. The minimum atomic E-state index is -0.305. The Bertz CT molecular complexity index is 1010. The quantitative estimate of drug-likeness (QED) is 0.422. The summed E-state index contributed by atoms with van der Waals surface area (Å²) >= 11 is 0. The number of hydrogen-bond acceptors (Lipinski definition) is 7. The number of halogens is 1. The summed E-state index contributed by atoms with van der Waals surface area (Å²) in [5, 5.41) is 13.6. The Labute approximate surface area is 213 Å². The second kappa shape index (κ2) is 11.8. The molecule has 0 spiro atoms. The maximum absolute atomic E-state index is 14.1. The maximum Gasteiger partial charge on any atom is 0.133 e. The van der Waals surface area contributed by atoms with Gasteiger partial charge >= 0.3 is 0 Å². The zero-order valence-electron chi connectivity index (χ0n) is 21.2. The van der Waals surface area contributed by atoms with Crippen LogP contribution in [0.5, 0.6) is 11.5 Å². The molecule has 7 nitrogen and oxygen atoms in total. The van der Waals surface area contributed by atoms with Gasteiger partial charge in [0, 0.05) is 49.1 Å². The van der Waals surface area contributed by atoms with Gasteiger partial charge < -0.3 is 24.6 Å². The zero-order chi connectivity index (χ0) is 24.9. The summed E-state index contributed by atoms with van der Waals surface area (Å²) in [7, 11) is 1.73. The Balaban J connectivity index is 1.09. The van der Waals surface area contributed by atoms with Gasteiger partial charge in [-0.2, -0.15) is 0 Å². The molecule has 0 radical (unpaired) electrons. The van der Waals surface area contributed by atoms with Gasteiger partial charge in [-0.15, -0.1) is 0 Å². The van der Waals surface area contributed by atoms with E-state index in [2.05, 4.69) is 16.3 Å². The molecule has 1 saturated heterocycles. The van der Waals surface area contributed by atoms with Crippen LogP contribution in [0.1, 0.15) is 61.4 Å². The van der Waals surface area contributed by atoms with Crippen molar-refractivity contribution in [1.29, 1.82) is 0 Å². The highest BCUT2D eigenvalue weighted by atomic mass is 19.1. The summed E-state index contributed by atoms with van der Waals surface area (Å²) in [6, 6.07) is 6.41. The van der Waals surface area contributed by atoms with Crippen molar-refractivity contribution >= 4 is 5.82 Å². The molecule has 36 heavy (non-hydrogen) atoms. The number of pyridine rings is 1. The Hall–Kier alpha value is -2.42. The van der Waals surface area contributed by atoms with E-state index in [4.69, 9.17) is 19.2 Å². The number of aliphatic hydroxyl groups excluding tert-OH is 1. The lowest BCUT2D eigenvalue weighted by Crippen LogP contribution is -2.31. The molecule has 5 rings (SSSR count). The van der Waals surface area contributed by atoms with Crippen molar-refractivity contribution in [3.8, 4) is 11.5 Å². The van der Waals surface area contributed by atoms with Crippen LogP contribution in [0.25, 0.3) is 0 Å². The fourth-order valence-electron chi connectivity index (χ4n) is 5.26. The lowest BCUT2D eigenvalue weighted by molar-refractivity contribution is 0.0479. The molecular formula is C28H38FN3O4. The Morgan fingerprint density at radius 1 is 1.17 bits per heavy atom. The van der Waals surface area contributed by atoms with Gasteiger partial charge in [0.15, 0.2) is 0 Å². The van der Waals surface area contributed by atoms with E-state index >= 15 is 0 Å². The standard InChI is InChI=1S/C28H38FN3O4/c1-34-27-16-20(31-28-23(27)6-4-12-30-28)5-2-3-14-35-22-11-13-32(17-22)25(18-33)24-15-19(29)7-10-26(24)36-21-8-9-21/h7,10,15-16,21-22,25,33H,2-6,8-9,11-14,17-18H2,1H3,(H,30,31)/t22-,25?/m1/s1. The number of aromatic nitrogens is 1. The molecule has 1 aromatic carbocycles. The minimum Gasteiger partial charge on any atom is -0.496 e. The van der Waals surface area contributed by atoms with E-state index < -0.39 is 0 Å². The third-order valence-corrected chi connectivity index (χ3v) is 7.37. The molecule has 2 fully saturated rings. The number of unbranched alkanes of at least 4 members (excludes halogenated alkanes) is 1. The number of benzene rings is 1. The van der Waals surface area contributed by atoms with Crippen LogP contribution < -0.4 is 14.8 Å². The summed E-state index contributed by atoms with van der Waals surface area (Å²) in [5.74, 6) is 2.29. The van der Waals surface area contributed by atoms with Crippen molar-refractivity contribution in [2.45, 2.75) is 69.6 Å². The first-order valence-corrected chi connectivity index (χ1v) is 13.4. The summed E-state index contributed by atoms with van der Waals surface area (Å²) in [5.41, 5.74) is 2.97. The fourth-order valence-corrected chi connectivity index (χ4v) is 5.26. The van der Waals surface area contributed by atoms with Crippen molar-refractivity contribution in [3.63, 3.8) is 0 Å². The van der Waals surface area contributed by atoms with Crippen LogP contribution in [0.4, 0.5) is 10.2 Å². The largest absolute Gasteiger partial charge is 0.496 e. The van der Waals surface area contributed by atoms with Gasteiger partial charge in [-0.05, 0) is 69.6 Å². The number of nitrogens with zero attached hydrogens (tertiary/aromatic N) is 2. The highest BCUT2D eigenvalue weighted by Crippen LogP contribution is 2.36. The molecule has 0 amide bonds. The zero-order valence-corrected chi connectivity index (χ0v) is 21.2.